The summed E-state index contributed by atoms with van der Waals surface area (Å²) in [5.41, 5.74) is 5.87. The Labute approximate surface area is 250 Å². The topological polar surface area (TPSA) is 50.6 Å². The fourth-order valence-electron chi connectivity index (χ4n) is 6.13. The lowest BCUT2D eigenvalue weighted by Crippen LogP contribution is -2.47. The molecule has 6 nitrogen and oxygen atoms in total. The first-order valence-electron chi connectivity index (χ1n) is 15.4. The number of likely N-dealkylation sites (tertiary alicyclic amines) is 1. The zero-order chi connectivity index (χ0) is 29.3. The molecule has 5 rings (SSSR count). The second-order valence-corrected chi connectivity index (χ2v) is 11.4. The van der Waals surface area contributed by atoms with E-state index in [1.54, 1.807) is 6.08 Å². The molecule has 1 unspecified atom stereocenters. The molecule has 0 aliphatic carbocycles. The minimum Gasteiger partial charge on any atom is -0.445 e. The third-order valence-corrected chi connectivity index (χ3v) is 8.56. The number of hydrogen-bond donors (Lipinski definition) is 0. The third kappa shape index (κ3) is 7.29. The Kier molecular flexibility index (Phi) is 10.1. The lowest BCUT2D eigenvalue weighted by molar-refractivity contribution is 0.0654. The number of para-hydroxylation sites is 2. The highest BCUT2D eigenvalue weighted by molar-refractivity contribution is 5.76. The standard InChI is InChI=1S/C36H44N4O2/c1-4-22-39(36(41)42-27-29-17-15-28(3)16-18-29)32-20-24-38(25-21-32)23-19-31(30-11-7-6-8-12-30)26-40-34-14-10-9-13-33(34)37-35(40)5-2/h4,6-18,31-32H,1,5,19-27H2,2-3H3. The van der Waals surface area contributed by atoms with Gasteiger partial charge in [-0.15, -0.1) is 6.58 Å². The number of ether oxygens (including phenoxy) is 1. The van der Waals surface area contributed by atoms with Crippen LogP contribution in [0.15, 0.2) is 91.5 Å². The van der Waals surface area contributed by atoms with Crippen LogP contribution in [0.3, 0.4) is 0 Å². The third-order valence-electron chi connectivity index (χ3n) is 8.56. The molecule has 1 aromatic heterocycles. The minimum atomic E-state index is -0.252. The Bertz CT molecular complexity index is 1440. The Morgan fingerprint density at radius 2 is 1.76 bits per heavy atom. The number of hydrogen-bond acceptors (Lipinski definition) is 4. The summed E-state index contributed by atoms with van der Waals surface area (Å²) in [6.07, 6.45) is 5.41. The molecule has 2 heterocycles. The monoisotopic (exact) mass is 564 g/mol. The smallest absolute Gasteiger partial charge is 0.410 e. The maximum atomic E-state index is 13.1. The van der Waals surface area contributed by atoms with E-state index in [1.165, 1.54) is 16.6 Å². The van der Waals surface area contributed by atoms with E-state index in [1.807, 2.05) is 29.2 Å². The molecule has 1 atom stereocenters. The van der Waals surface area contributed by atoms with Crippen molar-refractivity contribution in [1.29, 1.82) is 0 Å². The minimum absolute atomic E-state index is 0.166. The molecule has 0 spiro atoms. The highest BCUT2D eigenvalue weighted by atomic mass is 16.6. The highest BCUT2D eigenvalue weighted by Gasteiger charge is 2.29. The summed E-state index contributed by atoms with van der Waals surface area (Å²) < 4.78 is 8.13. The molecule has 4 aromatic rings. The Morgan fingerprint density at radius 3 is 2.48 bits per heavy atom. The van der Waals surface area contributed by atoms with Crippen molar-refractivity contribution in [3.05, 3.63) is 114 Å². The molecular weight excluding hydrogens is 520 g/mol. The highest BCUT2D eigenvalue weighted by Crippen LogP contribution is 2.27. The molecule has 0 bridgehead atoms. The van der Waals surface area contributed by atoms with Crippen LogP contribution in [0.1, 0.15) is 54.6 Å². The van der Waals surface area contributed by atoms with Crippen LogP contribution in [0.4, 0.5) is 4.79 Å². The molecule has 1 aliphatic rings. The molecule has 1 amide bonds. The van der Waals surface area contributed by atoms with Crippen LogP contribution >= 0.6 is 0 Å². The van der Waals surface area contributed by atoms with Gasteiger partial charge >= 0.3 is 6.09 Å². The van der Waals surface area contributed by atoms with Gasteiger partial charge in [0, 0.05) is 44.6 Å². The fraction of sp³-hybridized carbons (Fsp3) is 0.389. The van der Waals surface area contributed by atoms with E-state index < -0.39 is 0 Å². The van der Waals surface area contributed by atoms with Crippen molar-refractivity contribution >= 4 is 17.1 Å². The van der Waals surface area contributed by atoms with Gasteiger partial charge in [0.15, 0.2) is 0 Å². The van der Waals surface area contributed by atoms with Gasteiger partial charge in [0.25, 0.3) is 0 Å². The van der Waals surface area contributed by atoms with Gasteiger partial charge in [-0.3, -0.25) is 0 Å². The van der Waals surface area contributed by atoms with E-state index in [0.29, 0.717) is 19.1 Å². The summed E-state index contributed by atoms with van der Waals surface area (Å²) in [5.74, 6) is 1.54. The number of imidazole rings is 1. The fourth-order valence-corrected chi connectivity index (χ4v) is 6.13. The van der Waals surface area contributed by atoms with Crippen molar-refractivity contribution in [2.24, 2.45) is 0 Å². The van der Waals surface area contributed by atoms with E-state index in [0.717, 1.165) is 68.8 Å². The number of rotatable bonds is 12. The molecule has 42 heavy (non-hydrogen) atoms. The number of aryl methyl sites for hydroxylation is 2. The molecule has 0 radical (unpaired) electrons. The number of carbonyl (C=O) groups is 1. The van der Waals surface area contributed by atoms with Crippen molar-refractivity contribution in [2.45, 2.75) is 64.6 Å². The molecule has 220 valence electrons. The van der Waals surface area contributed by atoms with Crippen molar-refractivity contribution < 1.29 is 9.53 Å². The van der Waals surface area contributed by atoms with Gasteiger partial charge in [0.05, 0.1) is 11.0 Å². The quantitative estimate of drug-likeness (QED) is 0.169. The predicted molar refractivity (Wildman–Crippen MR) is 171 cm³/mol. The van der Waals surface area contributed by atoms with Crippen LogP contribution in [0.5, 0.6) is 0 Å². The summed E-state index contributed by atoms with van der Waals surface area (Å²) in [6, 6.07) is 27.7. The Morgan fingerprint density at radius 1 is 1.05 bits per heavy atom. The van der Waals surface area contributed by atoms with Crippen LogP contribution in [-0.2, 0) is 24.3 Å². The molecule has 1 saturated heterocycles. The molecule has 3 aromatic carbocycles. The molecule has 0 saturated carbocycles. The number of amides is 1. The summed E-state index contributed by atoms with van der Waals surface area (Å²) >= 11 is 0. The predicted octanol–water partition coefficient (Wildman–Crippen LogP) is 7.37. The van der Waals surface area contributed by atoms with Gasteiger partial charge in [-0.05, 0) is 56.0 Å². The second kappa shape index (κ2) is 14.3. The Balaban J connectivity index is 1.19. The maximum Gasteiger partial charge on any atom is 0.410 e. The van der Waals surface area contributed by atoms with Crippen LogP contribution < -0.4 is 0 Å². The van der Waals surface area contributed by atoms with Crippen molar-refractivity contribution in [1.82, 2.24) is 19.4 Å². The van der Waals surface area contributed by atoms with Crippen LogP contribution in [0.2, 0.25) is 0 Å². The SMILES string of the molecule is C=CCN(C(=O)OCc1ccc(C)cc1)C1CCN(CCC(Cn2c(CC)nc3ccccc32)c2ccccc2)CC1. The molecule has 1 aliphatic heterocycles. The summed E-state index contributed by atoms with van der Waals surface area (Å²) in [4.78, 5) is 22.4. The van der Waals surface area contributed by atoms with Gasteiger partial charge in [0.2, 0.25) is 0 Å². The van der Waals surface area contributed by atoms with Crippen molar-refractivity contribution in [3.63, 3.8) is 0 Å². The Hall–Kier alpha value is -3.90. The molecule has 6 heteroatoms. The first-order chi connectivity index (χ1) is 20.6. The van der Waals surface area contributed by atoms with E-state index in [4.69, 9.17) is 9.72 Å². The maximum absolute atomic E-state index is 13.1. The molecular formula is C36H44N4O2. The van der Waals surface area contributed by atoms with Crippen molar-refractivity contribution in [2.75, 3.05) is 26.2 Å². The number of aromatic nitrogens is 2. The number of fused-ring (bicyclic) bond motifs is 1. The summed E-state index contributed by atoms with van der Waals surface area (Å²) in [5, 5.41) is 0. The number of nitrogens with zero attached hydrogens (tertiary/aromatic N) is 4. The molecule has 1 fully saturated rings. The average Bonchev–Trinajstić information content (AvgIpc) is 3.39. The molecule has 0 N–H and O–H groups in total. The van der Waals surface area contributed by atoms with Crippen LogP contribution in [0, 0.1) is 6.92 Å². The van der Waals surface area contributed by atoms with Gasteiger partial charge in [-0.1, -0.05) is 85.3 Å². The van der Waals surface area contributed by atoms with E-state index in [2.05, 4.69) is 84.5 Å². The van der Waals surface area contributed by atoms with E-state index in [9.17, 15) is 4.79 Å². The van der Waals surface area contributed by atoms with Gasteiger partial charge in [-0.2, -0.15) is 0 Å². The average molecular weight is 565 g/mol. The first-order valence-corrected chi connectivity index (χ1v) is 15.4. The zero-order valence-corrected chi connectivity index (χ0v) is 25.1. The lowest BCUT2D eigenvalue weighted by atomic mass is 9.94. The zero-order valence-electron chi connectivity index (χ0n) is 25.1. The second-order valence-electron chi connectivity index (χ2n) is 11.4. The first kappa shape index (κ1) is 29.6. The van der Waals surface area contributed by atoms with Gasteiger partial charge < -0.3 is 19.1 Å². The van der Waals surface area contributed by atoms with E-state index in [-0.39, 0.29) is 12.1 Å². The number of benzene rings is 3. The van der Waals surface area contributed by atoms with Crippen LogP contribution in [0.25, 0.3) is 11.0 Å². The number of piperidine rings is 1. The van der Waals surface area contributed by atoms with Crippen LogP contribution in [-0.4, -0.2) is 57.7 Å². The van der Waals surface area contributed by atoms with Gasteiger partial charge in [-0.25, -0.2) is 9.78 Å². The lowest BCUT2D eigenvalue weighted by Gasteiger charge is -2.38. The summed E-state index contributed by atoms with van der Waals surface area (Å²) in [6.45, 7) is 12.8. The largest absolute Gasteiger partial charge is 0.445 e. The van der Waals surface area contributed by atoms with E-state index >= 15 is 0 Å². The van der Waals surface area contributed by atoms with Gasteiger partial charge in [0.1, 0.15) is 12.4 Å². The number of carbonyl (C=O) groups excluding carboxylic acids is 1. The van der Waals surface area contributed by atoms with Crippen molar-refractivity contribution in [3.8, 4) is 0 Å². The summed E-state index contributed by atoms with van der Waals surface area (Å²) in [7, 11) is 0. The normalized spacial score (nSPS) is 15.0.